The van der Waals surface area contributed by atoms with Crippen molar-refractivity contribution >= 4 is 29.3 Å². The summed E-state index contributed by atoms with van der Waals surface area (Å²) in [6, 6.07) is 6.35. The first kappa shape index (κ1) is 21.8. The Labute approximate surface area is 178 Å². The van der Waals surface area contributed by atoms with Crippen LogP contribution in [0, 0.1) is 0 Å². The van der Waals surface area contributed by atoms with Crippen LogP contribution < -0.4 is 10.1 Å². The highest BCUT2D eigenvalue weighted by Crippen LogP contribution is 2.29. The molecule has 1 aromatic rings. The Morgan fingerprint density at radius 2 is 2.00 bits per heavy atom. The number of amides is 1. The van der Waals surface area contributed by atoms with Gasteiger partial charge in [-0.05, 0) is 69.2 Å². The van der Waals surface area contributed by atoms with Crippen molar-refractivity contribution in [2.45, 2.75) is 70.1 Å². The Morgan fingerprint density at radius 1 is 1.29 bits per heavy atom. The van der Waals surface area contributed by atoms with E-state index in [1.54, 1.807) is 6.07 Å². The predicted molar refractivity (Wildman–Crippen MR) is 119 cm³/mol. The number of piperidine rings is 1. The largest absolute Gasteiger partial charge is 0.489 e. The molecule has 2 aliphatic rings. The number of hydrogen-bond donors (Lipinski definition) is 1. The molecule has 1 heterocycles. The maximum absolute atomic E-state index is 12.4. The van der Waals surface area contributed by atoms with Gasteiger partial charge < -0.3 is 15.0 Å². The number of carbonyl (C=O) groups is 1. The van der Waals surface area contributed by atoms with Gasteiger partial charge in [0.1, 0.15) is 11.9 Å². The summed E-state index contributed by atoms with van der Waals surface area (Å²) in [5.41, 5.74) is 0.613. The monoisotopic (exact) mass is 424 g/mol. The summed E-state index contributed by atoms with van der Waals surface area (Å²) in [5.74, 6) is 1.87. The van der Waals surface area contributed by atoms with E-state index in [4.69, 9.17) is 16.3 Å². The molecule has 0 bridgehead atoms. The minimum Gasteiger partial charge on any atom is -0.489 e. The number of carbonyl (C=O) groups excluding carboxylic acids is 1. The summed E-state index contributed by atoms with van der Waals surface area (Å²) in [5, 5.41) is 3.63. The van der Waals surface area contributed by atoms with E-state index in [0.717, 1.165) is 38.8 Å². The van der Waals surface area contributed by atoms with Crippen molar-refractivity contribution in [1.82, 2.24) is 10.2 Å². The van der Waals surface area contributed by atoms with E-state index in [1.165, 1.54) is 25.0 Å². The average Bonchev–Trinajstić information content (AvgIpc) is 3.21. The fourth-order valence-corrected chi connectivity index (χ4v) is 4.96. The molecule has 6 heteroatoms. The van der Waals surface area contributed by atoms with Crippen LogP contribution >= 0.6 is 23.4 Å². The number of hydrogen-bond acceptors (Lipinski definition) is 4. The number of rotatable bonds is 8. The third-order valence-corrected chi connectivity index (χ3v) is 6.96. The van der Waals surface area contributed by atoms with E-state index >= 15 is 0 Å². The molecule has 1 saturated carbocycles. The Kier molecular flexibility index (Phi) is 8.36. The highest BCUT2D eigenvalue weighted by atomic mass is 35.5. The van der Waals surface area contributed by atoms with Gasteiger partial charge in [-0.15, -0.1) is 0 Å². The lowest BCUT2D eigenvalue weighted by Crippen LogP contribution is -2.43. The van der Waals surface area contributed by atoms with Crippen molar-refractivity contribution in [3.05, 3.63) is 28.8 Å². The molecule has 0 radical (unpaired) electrons. The second-order valence-corrected chi connectivity index (χ2v) is 9.48. The van der Waals surface area contributed by atoms with Gasteiger partial charge in [0, 0.05) is 30.7 Å². The van der Waals surface area contributed by atoms with Crippen molar-refractivity contribution in [3.63, 3.8) is 0 Å². The van der Waals surface area contributed by atoms with E-state index in [0.29, 0.717) is 28.4 Å². The molecule has 1 amide bonds. The van der Waals surface area contributed by atoms with Gasteiger partial charge in [-0.3, -0.25) is 4.79 Å². The van der Waals surface area contributed by atoms with Crippen LogP contribution in [0.4, 0.5) is 0 Å². The number of halogens is 1. The smallest absolute Gasteiger partial charge is 0.251 e. The Balaban J connectivity index is 1.49. The highest BCUT2D eigenvalue weighted by Gasteiger charge is 2.24. The summed E-state index contributed by atoms with van der Waals surface area (Å²) in [6.07, 6.45) is 10.2. The van der Waals surface area contributed by atoms with Gasteiger partial charge in [0.15, 0.2) is 0 Å². The molecule has 4 nitrogen and oxygen atoms in total. The van der Waals surface area contributed by atoms with Crippen LogP contribution in [0.3, 0.4) is 0 Å². The molecule has 0 aromatic heterocycles. The van der Waals surface area contributed by atoms with E-state index in [-0.39, 0.29) is 12.0 Å². The quantitative estimate of drug-likeness (QED) is 0.637. The molecule has 1 atom stereocenters. The minimum atomic E-state index is -0.0344. The molecule has 1 N–H and O–H groups in total. The second-order valence-electron chi connectivity index (χ2n) is 8.08. The van der Waals surface area contributed by atoms with Crippen LogP contribution in [0.2, 0.25) is 5.02 Å². The van der Waals surface area contributed by atoms with Crippen LogP contribution in [0.5, 0.6) is 5.75 Å². The molecule has 1 saturated heterocycles. The van der Waals surface area contributed by atoms with E-state index in [2.05, 4.69) is 23.4 Å². The maximum Gasteiger partial charge on any atom is 0.251 e. The van der Waals surface area contributed by atoms with Gasteiger partial charge in [-0.25, -0.2) is 0 Å². The summed E-state index contributed by atoms with van der Waals surface area (Å²) in [7, 11) is 0. The molecule has 156 valence electrons. The number of likely N-dealkylation sites (tertiary alicyclic amines) is 1. The summed E-state index contributed by atoms with van der Waals surface area (Å²) in [6.45, 7) is 4.46. The zero-order chi connectivity index (χ0) is 19.9. The molecular weight excluding hydrogens is 392 g/mol. The van der Waals surface area contributed by atoms with Crippen molar-refractivity contribution in [2.24, 2.45) is 0 Å². The number of benzene rings is 1. The van der Waals surface area contributed by atoms with Crippen LogP contribution in [0.15, 0.2) is 18.2 Å². The lowest BCUT2D eigenvalue weighted by Gasteiger charge is -2.36. The fraction of sp³-hybridized carbons (Fsp3) is 0.682. The van der Waals surface area contributed by atoms with Gasteiger partial charge in [0.05, 0.1) is 5.02 Å². The Hall–Kier alpha value is -0.910. The molecular formula is C22H33ClN2O2S. The van der Waals surface area contributed by atoms with Gasteiger partial charge in [-0.1, -0.05) is 24.4 Å². The van der Waals surface area contributed by atoms with Crippen LogP contribution in [-0.4, -0.2) is 54.1 Å². The lowest BCUT2D eigenvalue weighted by molar-refractivity contribution is 0.0791. The first-order valence-corrected chi connectivity index (χ1v) is 12.3. The fourth-order valence-electron chi connectivity index (χ4n) is 4.16. The molecule has 28 heavy (non-hydrogen) atoms. The van der Waals surface area contributed by atoms with Crippen LogP contribution in [0.25, 0.3) is 0 Å². The molecule has 3 rings (SSSR count). The van der Waals surface area contributed by atoms with Gasteiger partial charge in [-0.2, -0.15) is 11.8 Å². The SMILES string of the molecule is CSCC[C@@H](C)N1CCC(Oc2ccc(C(=O)NC3CCCC3)cc2Cl)CC1. The molecule has 1 aromatic carbocycles. The minimum absolute atomic E-state index is 0.0344. The maximum atomic E-state index is 12.4. The molecule has 0 unspecified atom stereocenters. The zero-order valence-electron chi connectivity index (χ0n) is 17.1. The number of ether oxygens (including phenoxy) is 1. The molecule has 2 fully saturated rings. The number of thioether (sulfide) groups is 1. The van der Waals surface area contributed by atoms with Gasteiger partial charge in [0.25, 0.3) is 5.91 Å². The lowest BCUT2D eigenvalue weighted by atomic mass is 10.0. The van der Waals surface area contributed by atoms with E-state index < -0.39 is 0 Å². The van der Waals surface area contributed by atoms with E-state index in [1.807, 2.05) is 23.9 Å². The summed E-state index contributed by atoms with van der Waals surface area (Å²) < 4.78 is 6.17. The normalized spacial score (nSPS) is 20.2. The summed E-state index contributed by atoms with van der Waals surface area (Å²) in [4.78, 5) is 15.0. The Bertz CT molecular complexity index is 643. The topological polar surface area (TPSA) is 41.6 Å². The van der Waals surface area contributed by atoms with Crippen LogP contribution in [-0.2, 0) is 0 Å². The number of nitrogens with one attached hydrogen (secondary N) is 1. The predicted octanol–water partition coefficient (Wildman–Crippen LogP) is 5.00. The molecule has 1 aliphatic heterocycles. The van der Waals surface area contributed by atoms with Crippen molar-refractivity contribution < 1.29 is 9.53 Å². The second kappa shape index (κ2) is 10.7. The Morgan fingerprint density at radius 3 is 2.64 bits per heavy atom. The van der Waals surface area contributed by atoms with Crippen molar-refractivity contribution in [3.8, 4) is 5.75 Å². The van der Waals surface area contributed by atoms with E-state index in [9.17, 15) is 4.79 Å². The standard InChI is InChI=1S/C22H33ClN2O2S/c1-16(11-14-28-2)25-12-9-19(10-13-25)27-21-8-7-17(15-20(21)23)22(26)24-18-5-3-4-6-18/h7-8,15-16,18-19H,3-6,9-14H2,1-2H3,(H,24,26)/t16-/m1/s1. The zero-order valence-corrected chi connectivity index (χ0v) is 18.7. The first-order chi connectivity index (χ1) is 13.6. The average molecular weight is 425 g/mol. The van der Waals surface area contributed by atoms with Gasteiger partial charge >= 0.3 is 0 Å². The third kappa shape index (κ3) is 6.04. The highest BCUT2D eigenvalue weighted by molar-refractivity contribution is 7.98. The first-order valence-electron chi connectivity index (χ1n) is 10.6. The third-order valence-electron chi connectivity index (χ3n) is 6.02. The van der Waals surface area contributed by atoms with Crippen molar-refractivity contribution in [1.29, 1.82) is 0 Å². The van der Waals surface area contributed by atoms with Crippen molar-refractivity contribution in [2.75, 3.05) is 25.1 Å². The summed E-state index contributed by atoms with van der Waals surface area (Å²) >= 11 is 8.34. The number of nitrogens with zero attached hydrogens (tertiary/aromatic N) is 1. The molecule has 0 spiro atoms. The van der Waals surface area contributed by atoms with Crippen LogP contribution in [0.1, 0.15) is 62.2 Å². The molecule has 1 aliphatic carbocycles. The van der Waals surface area contributed by atoms with Gasteiger partial charge in [0.2, 0.25) is 0 Å².